The Bertz CT molecular complexity index is 637. The average Bonchev–Trinajstić information content (AvgIpc) is 2.47. The van der Waals surface area contributed by atoms with Crippen LogP contribution in [0.5, 0.6) is 11.5 Å². The van der Waals surface area contributed by atoms with Crippen LogP contribution in [0.1, 0.15) is 13.8 Å². The van der Waals surface area contributed by atoms with E-state index >= 15 is 0 Å². The van der Waals surface area contributed by atoms with Crippen LogP contribution in [0.15, 0.2) is 77.8 Å². The lowest BCUT2D eigenvalue weighted by atomic mass is 10.3. The van der Waals surface area contributed by atoms with Crippen molar-refractivity contribution in [3.05, 3.63) is 77.8 Å². The quantitative estimate of drug-likeness (QED) is 0.546. The van der Waals surface area contributed by atoms with Gasteiger partial charge in [0.05, 0.1) is 5.82 Å². The van der Waals surface area contributed by atoms with Crippen molar-refractivity contribution in [2.24, 2.45) is 0 Å². The minimum atomic E-state index is -3.47. The van der Waals surface area contributed by atoms with Gasteiger partial charge in [-0.15, -0.1) is 5.73 Å². The number of para-hydroxylation sites is 2. The molecule has 2 aromatic rings. The molecule has 0 amide bonds. The molecule has 0 aromatic heterocycles. The molecule has 4 heteroatoms. The number of rotatable bonds is 5. The summed E-state index contributed by atoms with van der Waals surface area (Å²) in [5, 5.41) is 0. The Labute approximate surface area is 125 Å². The van der Waals surface area contributed by atoms with Crippen molar-refractivity contribution in [2.45, 2.75) is 13.8 Å². The lowest BCUT2D eigenvalue weighted by Gasteiger charge is -2.16. The molecular formula is C17H17O3P. The van der Waals surface area contributed by atoms with E-state index in [0.29, 0.717) is 11.5 Å². The van der Waals surface area contributed by atoms with Gasteiger partial charge in [0.25, 0.3) is 0 Å². The molecule has 0 aliphatic heterocycles. The van der Waals surface area contributed by atoms with Crippen molar-refractivity contribution in [1.82, 2.24) is 0 Å². The van der Waals surface area contributed by atoms with E-state index < -0.39 is 7.60 Å². The minimum absolute atomic E-state index is 0.489. The van der Waals surface area contributed by atoms with E-state index in [9.17, 15) is 4.57 Å². The molecule has 0 atom stereocenters. The zero-order valence-corrected chi connectivity index (χ0v) is 12.9. The van der Waals surface area contributed by atoms with Crippen molar-refractivity contribution in [1.29, 1.82) is 0 Å². The van der Waals surface area contributed by atoms with E-state index in [1.54, 1.807) is 24.3 Å². The first-order valence-corrected chi connectivity index (χ1v) is 8.19. The topological polar surface area (TPSA) is 35.5 Å². The largest absolute Gasteiger partial charge is 0.463 e. The van der Waals surface area contributed by atoms with Gasteiger partial charge in [-0.2, -0.15) is 0 Å². The molecule has 0 aliphatic rings. The second-order valence-electron chi connectivity index (χ2n) is 4.62. The third kappa shape index (κ3) is 5.00. The van der Waals surface area contributed by atoms with Crippen LogP contribution in [-0.2, 0) is 4.57 Å². The smallest absolute Gasteiger partial charge is 0.413 e. The van der Waals surface area contributed by atoms with Gasteiger partial charge in [-0.3, -0.25) is 0 Å². The Balaban J connectivity index is 2.31. The summed E-state index contributed by atoms with van der Waals surface area (Å²) in [5.74, 6) is 2.34. The fourth-order valence-corrected chi connectivity index (χ4v) is 2.93. The highest BCUT2D eigenvalue weighted by Crippen LogP contribution is 2.49. The number of hydrogen-bond acceptors (Lipinski definition) is 3. The van der Waals surface area contributed by atoms with Gasteiger partial charge in [0.1, 0.15) is 11.5 Å². The standard InChI is InChI=1S/C17H17O3P/c1-15(2)13-14-21(18,19-16-9-5-3-6-10-16)20-17-11-7-4-8-12-17/h3-12,14H,1-2H3. The Kier molecular flexibility index (Phi) is 5.05. The molecule has 0 heterocycles. The molecule has 0 fully saturated rings. The van der Waals surface area contributed by atoms with Gasteiger partial charge in [-0.1, -0.05) is 36.4 Å². The summed E-state index contributed by atoms with van der Waals surface area (Å²) in [5.41, 5.74) is 3.80. The van der Waals surface area contributed by atoms with Crippen LogP contribution in [0.25, 0.3) is 0 Å². The first kappa shape index (κ1) is 15.2. The summed E-state index contributed by atoms with van der Waals surface area (Å²) in [6.07, 6.45) is 0. The number of allylic oxidation sites excluding steroid dienone is 1. The third-order valence-electron chi connectivity index (χ3n) is 2.46. The molecule has 2 rings (SSSR count). The lowest BCUT2D eigenvalue weighted by molar-refractivity contribution is 0.398. The first-order chi connectivity index (χ1) is 10.1. The molecule has 0 saturated heterocycles. The molecule has 3 nitrogen and oxygen atoms in total. The predicted octanol–water partition coefficient (Wildman–Crippen LogP) is 5.42. The maximum Gasteiger partial charge on any atom is 0.463 e. The summed E-state index contributed by atoms with van der Waals surface area (Å²) in [4.78, 5) is 0. The highest BCUT2D eigenvalue weighted by atomic mass is 31.2. The third-order valence-corrected chi connectivity index (χ3v) is 3.84. The fourth-order valence-electron chi connectivity index (χ4n) is 1.54. The van der Waals surface area contributed by atoms with E-state index in [2.05, 4.69) is 5.73 Å². The first-order valence-electron chi connectivity index (χ1n) is 6.57. The molecule has 0 unspecified atom stereocenters. The van der Waals surface area contributed by atoms with Gasteiger partial charge in [-0.25, -0.2) is 4.57 Å². The molecule has 0 aliphatic carbocycles. The van der Waals surface area contributed by atoms with Crippen molar-refractivity contribution in [3.8, 4) is 11.5 Å². The maximum atomic E-state index is 12.9. The van der Waals surface area contributed by atoms with Gasteiger partial charge in [0, 0.05) is 0 Å². The van der Waals surface area contributed by atoms with Gasteiger partial charge in [0.2, 0.25) is 0 Å². The van der Waals surface area contributed by atoms with Crippen LogP contribution < -0.4 is 9.05 Å². The van der Waals surface area contributed by atoms with Crippen LogP contribution in [0.2, 0.25) is 0 Å². The second-order valence-corrected chi connectivity index (χ2v) is 6.32. The number of benzene rings is 2. The zero-order chi connectivity index (χ0) is 15.1. The van der Waals surface area contributed by atoms with Crippen molar-refractivity contribution in [3.63, 3.8) is 0 Å². The summed E-state index contributed by atoms with van der Waals surface area (Å²) in [6, 6.07) is 17.9. The van der Waals surface area contributed by atoms with Crippen LogP contribution in [-0.4, -0.2) is 0 Å². The summed E-state index contributed by atoms with van der Waals surface area (Å²) >= 11 is 0. The molecule has 108 valence electrons. The molecule has 0 spiro atoms. The van der Waals surface area contributed by atoms with Crippen molar-refractivity contribution in [2.75, 3.05) is 0 Å². The molecule has 0 N–H and O–H groups in total. The molecule has 21 heavy (non-hydrogen) atoms. The van der Waals surface area contributed by atoms with E-state index in [-0.39, 0.29) is 0 Å². The van der Waals surface area contributed by atoms with Crippen molar-refractivity contribution < 1.29 is 13.6 Å². The summed E-state index contributed by atoms with van der Waals surface area (Å²) in [7, 11) is -3.47. The van der Waals surface area contributed by atoms with Gasteiger partial charge >= 0.3 is 7.60 Å². The highest BCUT2D eigenvalue weighted by Gasteiger charge is 2.24. The van der Waals surface area contributed by atoms with E-state index in [0.717, 1.165) is 5.57 Å². The zero-order valence-electron chi connectivity index (χ0n) is 12.0. The Hall–Kier alpha value is -2.21. The van der Waals surface area contributed by atoms with E-state index in [1.165, 1.54) is 5.82 Å². The lowest BCUT2D eigenvalue weighted by Crippen LogP contribution is -1.98. The molecule has 0 bridgehead atoms. The van der Waals surface area contributed by atoms with Crippen LogP contribution in [0.4, 0.5) is 0 Å². The second kappa shape index (κ2) is 6.99. The Morgan fingerprint density at radius 3 is 1.71 bits per heavy atom. The van der Waals surface area contributed by atoms with E-state index in [1.807, 2.05) is 50.2 Å². The summed E-state index contributed by atoms with van der Waals surface area (Å²) < 4.78 is 24.0. The maximum absolute atomic E-state index is 12.9. The van der Waals surface area contributed by atoms with Gasteiger partial charge in [-0.05, 0) is 43.7 Å². The van der Waals surface area contributed by atoms with Crippen LogP contribution in [0.3, 0.4) is 0 Å². The van der Waals surface area contributed by atoms with Crippen LogP contribution in [0, 0.1) is 0 Å². The molecule has 0 radical (unpaired) electrons. The summed E-state index contributed by atoms with van der Waals surface area (Å²) in [6.45, 7) is 3.73. The Morgan fingerprint density at radius 2 is 1.33 bits per heavy atom. The van der Waals surface area contributed by atoms with Crippen molar-refractivity contribution >= 4 is 7.60 Å². The SMILES string of the molecule is CC(C)=C=CP(=O)(Oc1ccccc1)Oc1ccccc1. The van der Waals surface area contributed by atoms with Gasteiger partial charge in [0.15, 0.2) is 0 Å². The molecule has 0 saturated carbocycles. The van der Waals surface area contributed by atoms with E-state index in [4.69, 9.17) is 9.05 Å². The monoisotopic (exact) mass is 300 g/mol. The normalized spacial score (nSPS) is 10.4. The predicted molar refractivity (Wildman–Crippen MR) is 84.7 cm³/mol. The Morgan fingerprint density at radius 1 is 0.905 bits per heavy atom. The van der Waals surface area contributed by atoms with Crippen LogP contribution >= 0.6 is 7.60 Å². The van der Waals surface area contributed by atoms with Gasteiger partial charge < -0.3 is 9.05 Å². The molecule has 2 aromatic carbocycles. The minimum Gasteiger partial charge on any atom is -0.413 e. The average molecular weight is 300 g/mol. The highest BCUT2D eigenvalue weighted by molar-refractivity contribution is 7.58. The number of hydrogen-bond donors (Lipinski definition) is 0. The fraction of sp³-hybridized carbons (Fsp3) is 0.118. The molecular weight excluding hydrogens is 283 g/mol.